The third-order valence-electron chi connectivity index (χ3n) is 3.75. The van der Waals surface area contributed by atoms with Gasteiger partial charge in [-0.15, -0.1) is 0 Å². The molecule has 0 saturated carbocycles. The Bertz CT molecular complexity index is 410. The quantitative estimate of drug-likeness (QED) is 0.867. The van der Waals surface area contributed by atoms with Gasteiger partial charge in [0.2, 0.25) is 0 Å². The summed E-state index contributed by atoms with van der Waals surface area (Å²) < 4.78 is 11.4. The first-order valence-electron chi connectivity index (χ1n) is 7.40. The number of piperidine rings is 1. The van der Waals surface area contributed by atoms with Crippen molar-refractivity contribution in [3.63, 3.8) is 0 Å². The van der Waals surface area contributed by atoms with Crippen molar-refractivity contribution < 1.29 is 14.6 Å². The van der Waals surface area contributed by atoms with E-state index in [-0.39, 0.29) is 0 Å². The van der Waals surface area contributed by atoms with Crippen LogP contribution in [0.4, 0.5) is 0 Å². The lowest BCUT2D eigenvalue weighted by Crippen LogP contribution is -2.43. The number of nitrogens with zero attached hydrogens (tertiary/aromatic N) is 1. The molecule has 112 valence electrons. The van der Waals surface area contributed by atoms with E-state index in [1.807, 2.05) is 38.1 Å². The Hall–Kier alpha value is -1.26. The topological polar surface area (TPSA) is 41.9 Å². The Morgan fingerprint density at radius 1 is 1.15 bits per heavy atom. The summed E-state index contributed by atoms with van der Waals surface area (Å²) in [7, 11) is 0. The largest absolute Gasteiger partial charge is 0.490 e. The van der Waals surface area contributed by atoms with Crippen LogP contribution in [0.15, 0.2) is 24.3 Å². The van der Waals surface area contributed by atoms with Crippen LogP contribution in [0.25, 0.3) is 0 Å². The fourth-order valence-electron chi connectivity index (χ4n) is 2.39. The smallest absolute Gasteiger partial charge is 0.161 e. The highest BCUT2D eigenvalue weighted by Crippen LogP contribution is 2.26. The van der Waals surface area contributed by atoms with Gasteiger partial charge in [0.05, 0.1) is 12.2 Å². The van der Waals surface area contributed by atoms with Crippen molar-refractivity contribution >= 4 is 0 Å². The fourth-order valence-corrected chi connectivity index (χ4v) is 2.39. The molecule has 0 amide bonds. The lowest BCUT2D eigenvalue weighted by Gasteiger charge is -2.35. The minimum atomic E-state index is -0.487. The maximum Gasteiger partial charge on any atom is 0.161 e. The average Bonchev–Trinajstić information content (AvgIpc) is 2.43. The average molecular weight is 279 g/mol. The summed E-state index contributed by atoms with van der Waals surface area (Å²) in [6.45, 7) is 7.92. The van der Waals surface area contributed by atoms with Crippen LogP contribution < -0.4 is 9.47 Å². The molecule has 1 fully saturated rings. The standard InChI is InChI=1S/C16H25NO3/c1-3-19-14-6-4-5-7-15(14)20-13-12-17-10-8-16(2,18)9-11-17/h4-7,18H,3,8-13H2,1-2H3. The summed E-state index contributed by atoms with van der Waals surface area (Å²) in [6.07, 6.45) is 1.67. The van der Waals surface area contributed by atoms with Gasteiger partial charge in [-0.25, -0.2) is 0 Å². The number of aliphatic hydroxyl groups is 1. The zero-order valence-electron chi connectivity index (χ0n) is 12.5. The molecule has 1 N–H and O–H groups in total. The van der Waals surface area contributed by atoms with Crippen LogP contribution in [-0.4, -0.2) is 48.5 Å². The van der Waals surface area contributed by atoms with Crippen LogP contribution >= 0.6 is 0 Å². The van der Waals surface area contributed by atoms with Crippen molar-refractivity contribution in [3.05, 3.63) is 24.3 Å². The molecule has 1 aromatic carbocycles. The Balaban J connectivity index is 1.76. The molecule has 2 rings (SSSR count). The summed E-state index contributed by atoms with van der Waals surface area (Å²) in [6, 6.07) is 7.77. The Morgan fingerprint density at radius 2 is 1.75 bits per heavy atom. The summed E-state index contributed by atoms with van der Waals surface area (Å²) in [5.41, 5.74) is -0.487. The second-order valence-corrected chi connectivity index (χ2v) is 5.57. The van der Waals surface area contributed by atoms with Gasteiger partial charge in [0.15, 0.2) is 11.5 Å². The van der Waals surface area contributed by atoms with Gasteiger partial charge in [-0.1, -0.05) is 12.1 Å². The third-order valence-corrected chi connectivity index (χ3v) is 3.75. The van der Waals surface area contributed by atoms with E-state index < -0.39 is 5.60 Å². The first kappa shape index (κ1) is 15.1. The molecule has 0 aromatic heterocycles. The van der Waals surface area contributed by atoms with Crippen molar-refractivity contribution in [2.75, 3.05) is 32.8 Å². The number of benzene rings is 1. The van der Waals surface area contributed by atoms with E-state index in [9.17, 15) is 5.11 Å². The molecule has 1 aliphatic rings. The number of para-hydroxylation sites is 2. The summed E-state index contributed by atoms with van der Waals surface area (Å²) in [5, 5.41) is 9.92. The fraction of sp³-hybridized carbons (Fsp3) is 0.625. The van der Waals surface area contributed by atoms with Crippen molar-refractivity contribution in [2.45, 2.75) is 32.3 Å². The molecule has 0 radical (unpaired) electrons. The van der Waals surface area contributed by atoms with E-state index in [1.54, 1.807) is 0 Å². The highest BCUT2D eigenvalue weighted by atomic mass is 16.5. The summed E-state index contributed by atoms with van der Waals surface area (Å²) in [5.74, 6) is 1.61. The second kappa shape index (κ2) is 6.95. The van der Waals surface area contributed by atoms with Crippen LogP contribution in [0.5, 0.6) is 11.5 Å². The maximum atomic E-state index is 9.92. The van der Waals surface area contributed by atoms with Gasteiger partial charge >= 0.3 is 0 Å². The van der Waals surface area contributed by atoms with Gasteiger partial charge in [0, 0.05) is 19.6 Å². The van der Waals surface area contributed by atoms with Crippen molar-refractivity contribution in [2.24, 2.45) is 0 Å². The minimum Gasteiger partial charge on any atom is -0.490 e. The minimum absolute atomic E-state index is 0.487. The Morgan fingerprint density at radius 3 is 2.35 bits per heavy atom. The lowest BCUT2D eigenvalue weighted by molar-refractivity contribution is -0.00773. The number of ether oxygens (including phenoxy) is 2. The predicted molar refractivity (Wildman–Crippen MR) is 79.4 cm³/mol. The molecule has 0 aliphatic carbocycles. The zero-order valence-corrected chi connectivity index (χ0v) is 12.5. The molecule has 1 heterocycles. The molecule has 1 saturated heterocycles. The third kappa shape index (κ3) is 4.39. The van der Waals surface area contributed by atoms with Gasteiger partial charge < -0.3 is 14.6 Å². The Kier molecular flexibility index (Phi) is 5.26. The number of hydrogen-bond donors (Lipinski definition) is 1. The van der Waals surface area contributed by atoms with Crippen molar-refractivity contribution in [3.8, 4) is 11.5 Å². The zero-order chi connectivity index (χ0) is 14.4. The van der Waals surface area contributed by atoms with E-state index in [0.29, 0.717) is 13.2 Å². The Labute approximate surface area is 121 Å². The molecular weight excluding hydrogens is 254 g/mol. The molecule has 0 spiro atoms. The van der Waals surface area contributed by atoms with E-state index in [4.69, 9.17) is 9.47 Å². The van der Waals surface area contributed by atoms with Crippen LogP contribution in [-0.2, 0) is 0 Å². The molecule has 1 aliphatic heterocycles. The molecule has 0 atom stereocenters. The lowest BCUT2D eigenvalue weighted by atomic mass is 9.94. The van der Waals surface area contributed by atoms with Gasteiger partial charge in [-0.05, 0) is 38.8 Å². The van der Waals surface area contributed by atoms with Crippen molar-refractivity contribution in [1.29, 1.82) is 0 Å². The molecule has 0 unspecified atom stereocenters. The predicted octanol–water partition coefficient (Wildman–Crippen LogP) is 2.31. The van der Waals surface area contributed by atoms with E-state index in [2.05, 4.69) is 4.90 Å². The highest BCUT2D eigenvalue weighted by molar-refractivity contribution is 5.39. The van der Waals surface area contributed by atoms with Gasteiger partial charge in [-0.3, -0.25) is 4.90 Å². The highest BCUT2D eigenvalue weighted by Gasteiger charge is 2.26. The van der Waals surface area contributed by atoms with Crippen LogP contribution in [0.1, 0.15) is 26.7 Å². The number of hydrogen-bond acceptors (Lipinski definition) is 4. The monoisotopic (exact) mass is 279 g/mol. The molecule has 4 heteroatoms. The summed E-state index contributed by atoms with van der Waals surface area (Å²) >= 11 is 0. The van der Waals surface area contributed by atoms with Gasteiger partial charge in [0.25, 0.3) is 0 Å². The van der Waals surface area contributed by atoms with Crippen LogP contribution in [0.2, 0.25) is 0 Å². The normalized spacial score (nSPS) is 18.8. The summed E-state index contributed by atoms with van der Waals surface area (Å²) in [4.78, 5) is 2.33. The van der Waals surface area contributed by atoms with E-state index >= 15 is 0 Å². The number of likely N-dealkylation sites (tertiary alicyclic amines) is 1. The van der Waals surface area contributed by atoms with Crippen LogP contribution in [0.3, 0.4) is 0 Å². The van der Waals surface area contributed by atoms with E-state index in [1.165, 1.54) is 0 Å². The van der Waals surface area contributed by atoms with Gasteiger partial charge in [0.1, 0.15) is 6.61 Å². The molecular formula is C16H25NO3. The first-order valence-corrected chi connectivity index (χ1v) is 7.40. The SMILES string of the molecule is CCOc1ccccc1OCCN1CCC(C)(O)CC1. The number of rotatable bonds is 6. The second-order valence-electron chi connectivity index (χ2n) is 5.57. The molecule has 4 nitrogen and oxygen atoms in total. The first-order chi connectivity index (χ1) is 9.61. The maximum absolute atomic E-state index is 9.92. The van der Waals surface area contributed by atoms with Crippen LogP contribution in [0, 0.1) is 0 Å². The molecule has 20 heavy (non-hydrogen) atoms. The van der Waals surface area contributed by atoms with Crippen molar-refractivity contribution in [1.82, 2.24) is 4.90 Å². The molecule has 0 bridgehead atoms. The van der Waals surface area contributed by atoms with E-state index in [0.717, 1.165) is 44.0 Å². The van der Waals surface area contributed by atoms with Gasteiger partial charge in [-0.2, -0.15) is 0 Å². The molecule has 1 aromatic rings.